The number of halogens is 2. The van der Waals surface area contributed by atoms with Crippen LogP contribution in [0.3, 0.4) is 0 Å². The number of hydrogen-bond donors (Lipinski definition) is 0. The standard InChI is InChI=1S/C18H15Cl2N3O2S/c1-23-17(11-3-6-13(25-2)7-4-11)21-22-18(23)26-10-16(24)14-8-5-12(19)9-15(14)20/h3-9H,10H2,1-2H3. The lowest BCUT2D eigenvalue weighted by Gasteiger charge is -2.06. The van der Waals surface area contributed by atoms with Crippen LogP contribution in [-0.2, 0) is 7.05 Å². The molecule has 0 unspecified atom stereocenters. The first kappa shape index (κ1) is 18.8. The quantitative estimate of drug-likeness (QED) is 0.434. The molecule has 5 nitrogen and oxygen atoms in total. The zero-order valence-corrected chi connectivity index (χ0v) is 16.4. The van der Waals surface area contributed by atoms with Crippen molar-refractivity contribution in [2.45, 2.75) is 5.16 Å². The third-order valence-corrected chi connectivity index (χ3v) is 5.32. The molecule has 0 amide bonds. The first-order valence-electron chi connectivity index (χ1n) is 7.64. The van der Waals surface area contributed by atoms with E-state index in [2.05, 4.69) is 10.2 Å². The average Bonchev–Trinajstić information content (AvgIpc) is 3.00. The number of rotatable bonds is 6. The molecule has 1 aromatic heterocycles. The topological polar surface area (TPSA) is 57.0 Å². The summed E-state index contributed by atoms with van der Waals surface area (Å²) in [5.41, 5.74) is 1.36. The number of ketones is 1. The smallest absolute Gasteiger partial charge is 0.191 e. The van der Waals surface area contributed by atoms with Crippen molar-refractivity contribution in [2.24, 2.45) is 7.05 Å². The predicted molar refractivity (Wildman–Crippen MR) is 105 cm³/mol. The number of aromatic nitrogens is 3. The number of Topliss-reactive ketones (excluding diaryl/α,β-unsaturated/α-hetero) is 1. The van der Waals surface area contributed by atoms with E-state index in [0.29, 0.717) is 26.6 Å². The molecule has 0 aliphatic carbocycles. The average molecular weight is 408 g/mol. The monoisotopic (exact) mass is 407 g/mol. The van der Waals surface area contributed by atoms with Gasteiger partial charge in [0.25, 0.3) is 0 Å². The van der Waals surface area contributed by atoms with Crippen molar-refractivity contribution in [3.05, 3.63) is 58.1 Å². The normalized spacial score (nSPS) is 10.8. The summed E-state index contributed by atoms with van der Waals surface area (Å²) in [6, 6.07) is 12.4. The van der Waals surface area contributed by atoms with Gasteiger partial charge in [-0.25, -0.2) is 0 Å². The number of benzene rings is 2. The lowest BCUT2D eigenvalue weighted by atomic mass is 10.1. The molecule has 0 spiro atoms. The van der Waals surface area contributed by atoms with Crippen LogP contribution in [0.1, 0.15) is 10.4 Å². The van der Waals surface area contributed by atoms with Crippen LogP contribution in [0.25, 0.3) is 11.4 Å². The molecule has 26 heavy (non-hydrogen) atoms. The fourth-order valence-corrected chi connectivity index (χ4v) is 3.66. The van der Waals surface area contributed by atoms with E-state index >= 15 is 0 Å². The van der Waals surface area contributed by atoms with Gasteiger partial charge in [-0.1, -0.05) is 35.0 Å². The minimum atomic E-state index is -0.0920. The summed E-state index contributed by atoms with van der Waals surface area (Å²) in [5.74, 6) is 1.60. The predicted octanol–water partition coefficient (Wildman–Crippen LogP) is 4.77. The second-order valence-corrected chi connectivity index (χ2v) is 7.22. The number of carbonyl (C=O) groups is 1. The number of nitrogens with zero attached hydrogens (tertiary/aromatic N) is 3. The maximum atomic E-state index is 12.4. The Balaban J connectivity index is 1.72. The Morgan fingerprint density at radius 3 is 2.54 bits per heavy atom. The van der Waals surface area contributed by atoms with Gasteiger partial charge >= 0.3 is 0 Å². The van der Waals surface area contributed by atoms with E-state index < -0.39 is 0 Å². The van der Waals surface area contributed by atoms with Gasteiger partial charge in [-0.15, -0.1) is 10.2 Å². The van der Waals surface area contributed by atoms with E-state index in [9.17, 15) is 4.79 Å². The molecular formula is C18H15Cl2N3O2S. The number of hydrogen-bond acceptors (Lipinski definition) is 5. The maximum absolute atomic E-state index is 12.4. The molecule has 0 N–H and O–H groups in total. The summed E-state index contributed by atoms with van der Waals surface area (Å²) in [6.45, 7) is 0. The highest BCUT2D eigenvalue weighted by atomic mass is 35.5. The number of methoxy groups -OCH3 is 1. The van der Waals surface area contributed by atoms with Gasteiger partial charge in [-0.05, 0) is 42.5 Å². The van der Waals surface area contributed by atoms with Gasteiger partial charge in [-0.2, -0.15) is 0 Å². The van der Waals surface area contributed by atoms with Gasteiger partial charge in [0.2, 0.25) is 0 Å². The van der Waals surface area contributed by atoms with E-state index in [1.807, 2.05) is 35.9 Å². The molecule has 0 aliphatic heterocycles. The van der Waals surface area contributed by atoms with E-state index in [4.69, 9.17) is 27.9 Å². The molecule has 0 saturated heterocycles. The fourth-order valence-electron chi connectivity index (χ4n) is 2.36. The van der Waals surface area contributed by atoms with Gasteiger partial charge in [0.05, 0.1) is 17.9 Å². The summed E-state index contributed by atoms with van der Waals surface area (Å²) < 4.78 is 7.01. The van der Waals surface area contributed by atoms with Crippen molar-refractivity contribution in [2.75, 3.05) is 12.9 Å². The van der Waals surface area contributed by atoms with Crippen LogP contribution in [0.2, 0.25) is 10.0 Å². The molecule has 0 atom stereocenters. The second-order valence-electron chi connectivity index (χ2n) is 5.43. The van der Waals surface area contributed by atoms with Gasteiger partial charge in [-0.3, -0.25) is 4.79 Å². The Bertz CT molecular complexity index is 942. The molecule has 1 heterocycles. The lowest BCUT2D eigenvalue weighted by molar-refractivity contribution is 0.102. The first-order chi connectivity index (χ1) is 12.5. The minimum absolute atomic E-state index is 0.0920. The number of carbonyl (C=O) groups excluding carboxylic acids is 1. The Labute approximate surface area is 165 Å². The molecule has 3 rings (SSSR count). The van der Waals surface area contributed by atoms with Gasteiger partial charge < -0.3 is 9.30 Å². The van der Waals surface area contributed by atoms with Crippen molar-refractivity contribution in [3.8, 4) is 17.1 Å². The molecule has 0 aliphatic rings. The van der Waals surface area contributed by atoms with Crippen molar-refractivity contribution in [1.29, 1.82) is 0 Å². The third kappa shape index (κ3) is 4.03. The third-order valence-electron chi connectivity index (χ3n) is 3.75. The van der Waals surface area contributed by atoms with Gasteiger partial charge in [0, 0.05) is 23.2 Å². The Hall–Kier alpha value is -2.02. The lowest BCUT2D eigenvalue weighted by Crippen LogP contribution is -2.04. The van der Waals surface area contributed by atoms with E-state index in [0.717, 1.165) is 11.3 Å². The molecule has 8 heteroatoms. The molecule has 0 saturated carbocycles. The highest BCUT2D eigenvalue weighted by molar-refractivity contribution is 7.99. The van der Waals surface area contributed by atoms with Crippen molar-refractivity contribution in [1.82, 2.24) is 14.8 Å². The molecule has 0 radical (unpaired) electrons. The zero-order valence-electron chi connectivity index (χ0n) is 14.1. The maximum Gasteiger partial charge on any atom is 0.191 e. The van der Waals surface area contributed by atoms with Crippen molar-refractivity contribution in [3.63, 3.8) is 0 Å². The first-order valence-corrected chi connectivity index (χ1v) is 9.38. The second kappa shape index (κ2) is 8.12. The SMILES string of the molecule is COc1ccc(-c2nnc(SCC(=O)c3ccc(Cl)cc3Cl)n2C)cc1. The van der Waals surface area contributed by atoms with E-state index in [1.165, 1.54) is 11.8 Å². The Morgan fingerprint density at radius 1 is 1.15 bits per heavy atom. The molecule has 0 fully saturated rings. The van der Waals surface area contributed by atoms with Crippen LogP contribution in [0, 0.1) is 0 Å². The van der Waals surface area contributed by atoms with Crippen LogP contribution in [-0.4, -0.2) is 33.4 Å². The van der Waals surface area contributed by atoms with E-state index in [-0.39, 0.29) is 11.5 Å². The summed E-state index contributed by atoms with van der Waals surface area (Å²) in [6.07, 6.45) is 0. The highest BCUT2D eigenvalue weighted by Gasteiger charge is 2.15. The Morgan fingerprint density at radius 2 is 1.88 bits per heavy atom. The Kier molecular flexibility index (Phi) is 5.86. The number of ether oxygens (including phenoxy) is 1. The zero-order chi connectivity index (χ0) is 18.7. The van der Waals surface area contributed by atoms with Crippen LogP contribution < -0.4 is 4.74 Å². The van der Waals surface area contributed by atoms with E-state index in [1.54, 1.807) is 25.3 Å². The van der Waals surface area contributed by atoms with Gasteiger partial charge in [0.15, 0.2) is 16.8 Å². The molecule has 134 valence electrons. The van der Waals surface area contributed by atoms with Crippen LogP contribution in [0.4, 0.5) is 0 Å². The summed E-state index contributed by atoms with van der Waals surface area (Å²) in [5, 5.41) is 9.88. The fraction of sp³-hybridized carbons (Fsp3) is 0.167. The number of thioether (sulfide) groups is 1. The summed E-state index contributed by atoms with van der Waals surface area (Å²) >= 11 is 13.3. The molecular weight excluding hydrogens is 393 g/mol. The summed E-state index contributed by atoms with van der Waals surface area (Å²) in [7, 11) is 3.48. The minimum Gasteiger partial charge on any atom is -0.497 e. The van der Waals surface area contributed by atoms with Gasteiger partial charge in [0.1, 0.15) is 5.75 Å². The molecule has 0 bridgehead atoms. The van der Waals surface area contributed by atoms with Crippen molar-refractivity contribution >= 4 is 40.7 Å². The van der Waals surface area contributed by atoms with Crippen molar-refractivity contribution < 1.29 is 9.53 Å². The van der Waals surface area contributed by atoms with Crippen LogP contribution in [0.5, 0.6) is 5.75 Å². The van der Waals surface area contributed by atoms with Crippen LogP contribution >= 0.6 is 35.0 Å². The molecule has 2 aromatic carbocycles. The summed E-state index contributed by atoms with van der Waals surface area (Å²) in [4.78, 5) is 12.4. The highest BCUT2D eigenvalue weighted by Crippen LogP contribution is 2.26. The largest absolute Gasteiger partial charge is 0.497 e. The van der Waals surface area contributed by atoms with Crippen LogP contribution in [0.15, 0.2) is 47.6 Å². The molecule has 3 aromatic rings.